The van der Waals surface area contributed by atoms with Crippen LogP contribution in [-0.4, -0.2) is 72.7 Å². The van der Waals surface area contributed by atoms with Crippen molar-refractivity contribution in [2.24, 2.45) is 5.92 Å². The number of nitrogens with one attached hydrogen (secondary N) is 1. The number of nitrogens with zero attached hydrogens (tertiary/aromatic N) is 1. The molecule has 2 N–H and O–H groups in total. The molecule has 2 heterocycles. The zero-order valence-electron chi connectivity index (χ0n) is 14.1. The van der Waals surface area contributed by atoms with Crippen molar-refractivity contribution < 1.29 is 33.7 Å². The van der Waals surface area contributed by atoms with Gasteiger partial charge in [0.15, 0.2) is 5.79 Å². The topological polar surface area (TPSA) is 114 Å². The van der Waals surface area contributed by atoms with E-state index in [-0.39, 0.29) is 18.9 Å². The molecule has 2 amide bonds. The highest BCUT2D eigenvalue weighted by molar-refractivity contribution is 5.90. The average Bonchev–Trinajstić information content (AvgIpc) is 2.91. The molecule has 1 spiro atoms. The second-order valence-electron chi connectivity index (χ2n) is 6.34. The Bertz CT molecular complexity index is 502. The standard InChI is InChI=1S/C15H24N2O7/c1-9(2)11(16-14(21)22-3)12(18)17-8-15(7-10(17)13(19)20)23-5-4-6-24-15/h9-11H,4-8H2,1-3H3,(H,16,21)(H,19,20). The van der Waals surface area contributed by atoms with Gasteiger partial charge in [-0.3, -0.25) is 4.79 Å². The lowest BCUT2D eigenvalue weighted by atomic mass is 10.0. The molecule has 0 aliphatic carbocycles. The molecule has 2 fully saturated rings. The predicted octanol–water partition coefficient (Wildman–Crippen LogP) is 0.186. The molecule has 2 atom stereocenters. The largest absolute Gasteiger partial charge is 0.480 e. The van der Waals surface area contributed by atoms with Crippen LogP contribution in [0.4, 0.5) is 4.79 Å². The molecule has 136 valence electrons. The maximum absolute atomic E-state index is 12.9. The number of carbonyl (C=O) groups is 3. The third-order valence-electron chi connectivity index (χ3n) is 4.27. The van der Waals surface area contributed by atoms with Gasteiger partial charge in [-0.2, -0.15) is 0 Å². The second-order valence-corrected chi connectivity index (χ2v) is 6.34. The Labute approximate surface area is 140 Å². The van der Waals surface area contributed by atoms with E-state index >= 15 is 0 Å². The number of alkyl carbamates (subject to hydrolysis) is 1. The first-order valence-electron chi connectivity index (χ1n) is 7.95. The number of carboxylic acids is 1. The molecule has 2 rings (SSSR count). The Morgan fingerprint density at radius 2 is 1.92 bits per heavy atom. The van der Waals surface area contributed by atoms with E-state index in [9.17, 15) is 19.5 Å². The smallest absolute Gasteiger partial charge is 0.407 e. The first kappa shape index (κ1) is 18.5. The first-order chi connectivity index (χ1) is 11.3. The molecule has 0 aromatic rings. The highest BCUT2D eigenvalue weighted by Gasteiger charge is 2.53. The van der Waals surface area contributed by atoms with Gasteiger partial charge < -0.3 is 29.5 Å². The van der Waals surface area contributed by atoms with Crippen LogP contribution < -0.4 is 5.32 Å². The zero-order chi connectivity index (χ0) is 17.9. The Balaban J connectivity index is 2.20. The molecule has 2 saturated heterocycles. The molecule has 0 aromatic heterocycles. The van der Waals surface area contributed by atoms with Crippen molar-refractivity contribution in [2.45, 2.75) is 44.6 Å². The SMILES string of the molecule is COC(=O)NC(C(=O)N1CC2(CC1C(=O)O)OCCCO2)C(C)C. The molecule has 0 aromatic carbocycles. The van der Waals surface area contributed by atoms with Crippen molar-refractivity contribution in [2.75, 3.05) is 26.9 Å². The molecule has 24 heavy (non-hydrogen) atoms. The van der Waals surface area contributed by atoms with Gasteiger partial charge >= 0.3 is 12.1 Å². The van der Waals surface area contributed by atoms with Gasteiger partial charge in [0.1, 0.15) is 12.1 Å². The molecule has 0 radical (unpaired) electrons. The Hall–Kier alpha value is -1.87. The number of hydrogen-bond donors (Lipinski definition) is 2. The van der Waals surface area contributed by atoms with Crippen molar-refractivity contribution in [3.05, 3.63) is 0 Å². The number of carbonyl (C=O) groups excluding carboxylic acids is 2. The van der Waals surface area contributed by atoms with Crippen LogP contribution in [0.15, 0.2) is 0 Å². The number of methoxy groups -OCH3 is 1. The fourth-order valence-electron chi connectivity index (χ4n) is 3.00. The molecule has 0 bridgehead atoms. The minimum absolute atomic E-state index is 0.0227. The zero-order valence-corrected chi connectivity index (χ0v) is 14.1. The third kappa shape index (κ3) is 3.78. The summed E-state index contributed by atoms with van der Waals surface area (Å²) < 4.78 is 15.8. The lowest BCUT2D eigenvalue weighted by Gasteiger charge is -2.34. The normalized spacial score (nSPS) is 24.0. The van der Waals surface area contributed by atoms with E-state index in [1.165, 1.54) is 12.0 Å². The molecule has 2 aliphatic rings. The van der Waals surface area contributed by atoms with E-state index in [1.807, 2.05) is 0 Å². The highest BCUT2D eigenvalue weighted by Crippen LogP contribution is 2.35. The Morgan fingerprint density at radius 1 is 1.29 bits per heavy atom. The molecular formula is C15H24N2O7. The van der Waals surface area contributed by atoms with Crippen LogP contribution in [0.1, 0.15) is 26.7 Å². The monoisotopic (exact) mass is 344 g/mol. The van der Waals surface area contributed by atoms with Crippen molar-refractivity contribution >= 4 is 18.0 Å². The van der Waals surface area contributed by atoms with Gasteiger partial charge in [-0.25, -0.2) is 9.59 Å². The van der Waals surface area contributed by atoms with E-state index in [2.05, 4.69) is 10.1 Å². The first-order valence-corrected chi connectivity index (χ1v) is 7.95. The van der Waals surface area contributed by atoms with E-state index < -0.39 is 35.8 Å². The number of carboxylic acid groups (broad SMARTS) is 1. The van der Waals surface area contributed by atoms with Gasteiger partial charge in [0.05, 0.1) is 26.9 Å². The maximum atomic E-state index is 12.9. The van der Waals surface area contributed by atoms with E-state index in [0.29, 0.717) is 13.2 Å². The number of amides is 2. The van der Waals surface area contributed by atoms with Gasteiger partial charge in [-0.05, 0) is 12.3 Å². The highest BCUT2D eigenvalue weighted by atomic mass is 16.7. The lowest BCUT2D eigenvalue weighted by Crippen LogP contribution is -2.54. The van der Waals surface area contributed by atoms with Crippen LogP contribution in [0.25, 0.3) is 0 Å². The fourth-order valence-corrected chi connectivity index (χ4v) is 3.00. The lowest BCUT2D eigenvalue weighted by molar-refractivity contribution is -0.257. The van der Waals surface area contributed by atoms with Crippen molar-refractivity contribution in [1.29, 1.82) is 0 Å². The van der Waals surface area contributed by atoms with Crippen molar-refractivity contribution in [3.63, 3.8) is 0 Å². The summed E-state index contributed by atoms with van der Waals surface area (Å²) >= 11 is 0. The van der Waals surface area contributed by atoms with Crippen LogP contribution in [0.3, 0.4) is 0 Å². The molecular weight excluding hydrogens is 320 g/mol. The summed E-state index contributed by atoms with van der Waals surface area (Å²) in [4.78, 5) is 37.2. The van der Waals surface area contributed by atoms with Gasteiger partial charge in [0.25, 0.3) is 0 Å². The van der Waals surface area contributed by atoms with Crippen LogP contribution >= 0.6 is 0 Å². The average molecular weight is 344 g/mol. The molecule has 9 nitrogen and oxygen atoms in total. The van der Waals surface area contributed by atoms with Gasteiger partial charge in [-0.1, -0.05) is 13.8 Å². The van der Waals surface area contributed by atoms with Gasteiger partial charge in [0, 0.05) is 6.42 Å². The minimum atomic E-state index is -1.13. The fraction of sp³-hybridized carbons (Fsp3) is 0.800. The van der Waals surface area contributed by atoms with Crippen molar-refractivity contribution in [3.8, 4) is 0 Å². The van der Waals surface area contributed by atoms with Crippen molar-refractivity contribution in [1.82, 2.24) is 10.2 Å². The van der Waals surface area contributed by atoms with Crippen LogP contribution in [0.2, 0.25) is 0 Å². The Morgan fingerprint density at radius 3 is 2.42 bits per heavy atom. The number of aliphatic carboxylic acids is 1. The minimum Gasteiger partial charge on any atom is -0.480 e. The van der Waals surface area contributed by atoms with E-state index in [0.717, 1.165) is 6.42 Å². The van der Waals surface area contributed by atoms with Gasteiger partial charge in [0.2, 0.25) is 5.91 Å². The van der Waals surface area contributed by atoms with E-state index in [1.54, 1.807) is 13.8 Å². The number of ether oxygens (including phenoxy) is 3. The molecule has 2 unspecified atom stereocenters. The quantitative estimate of drug-likeness (QED) is 0.748. The van der Waals surface area contributed by atoms with E-state index in [4.69, 9.17) is 9.47 Å². The summed E-state index contributed by atoms with van der Waals surface area (Å²) in [6.07, 6.45) is 0.0521. The molecule has 0 saturated carbocycles. The van der Waals surface area contributed by atoms with Crippen LogP contribution in [0, 0.1) is 5.92 Å². The van der Waals surface area contributed by atoms with Crippen LogP contribution in [0.5, 0.6) is 0 Å². The summed E-state index contributed by atoms with van der Waals surface area (Å²) in [6, 6.07) is -1.95. The third-order valence-corrected chi connectivity index (χ3v) is 4.27. The molecule has 2 aliphatic heterocycles. The predicted molar refractivity (Wildman–Crippen MR) is 81.2 cm³/mol. The van der Waals surface area contributed by atoms with Crippen LogP contribution in [-0.2, 0) is 23.8 Å². The molecule has 9 heteroatoms. The van der Waals surface area contributed by atoms with Gasteiger partial charge in [-0.15, -0.1) is 0 Å². The number of rotatable bonds is 4. The summed E-state index contributed by atoms with van der Waals surface area (Å²) in [7, 11) is 1.20. The summed E-state index contributed by atoms with van der Waals surface area (Å²) in [5.74, 6) is -2.93. The summed E-state index contributed by atoms with van der Waals surface area (Å²) in [5.41, 5.74) is 0. The number of hydrogen-bond acceptors (Lipinski definition) is 6. The maximum Gasteiger partial charge on any atom is 0.407 e. The second kappa shape index (κ2) is 7.35. The number of likely N-dealkylation sites (tertiary alicyclic amines) is 1. The summed E-state index contributed by atoms with van der Waals surface area (Å²) in [5, 5.41) is 11.9. The summed E-state index contributed by atoms with van der Waals surface area (Å²) in [6.45, 7) is 4.46. The Kier molecular flexibility index (Phi) is 5.66.